The standard InChI is InChI=1S/C22H31N5O2/c1-3-23-20-13-21(26-16-25-20)27-12-6-7-17(15-27)10-11-22(28)24-14-18-8-4-5-9-19(18)29-2/h4-5,8-9,13,16-17H,3,6-7,10-12,14-15H2,1-2H3,(H,24,28)(H,23,25,26). The van der Waals surface area contributed by atoms with Crippen molar-refractivity contribution in [2.45, 2.75) is 39.2 Å². The van der Waals surface area contributed by atoms with Crippen LogP contribution in [0.2, 0.25) is 0 Å². The summed E-state index contributed by atoms with van der Waals surface area (Å²) in [4.78, 5) is 23.3. The van der Waals surface area contributed by atoms with E-state index in [-0.39, 0.29) is 5.91 Å². The number of amides is 1. The number of rotatable bonds is 9. The highest BCUT2D eigenvalue weighted by Gasteiger charge is 2.22. The third-order valence-electron chi connectivity index (χ3n) is 5.30. The average molecular weight is 398 g/mol. The SMILES string of the molecule is CCNc1cc(N2CCCC(CCC(=O)NCc3ccccc3OC)C2)ncn1. The van der Waals surface area contributed by atoms with Crippen molar-refractivity contribution < 1.29 is 9.53 Å². The first-order valence-corrected chi connectivity index (χ1v) is 10.4. The normalized spacial score (nSPS) is 16.3. The summed E-state index contributed by atoms with van der Waals surface area (Å²) in [5, 5.41) is 6.25. The highest BCUT2D eigenvalue weighted by molar-refractivity contribution is 5.75. The van der Waals surface area contributed by atoms with Crippen molar-refractivity contribution in [3.05, 3.63) is 42.2 Å². The zero-order chi connectivity index (χ0) is 20.5. The van der Waals surface area contributed by atoms with Crippen LogP contribution < -0.4 is 20.3 Å². The van der Waals surface area contributed by atoms with Gasteiger partial charge in [-0.3, -0.25) is 4.79 Å². The molecule has 2 heterocycles. The number of hydrogen-bond donors (Lipinski definition) is 2. The molecule has 0 radical (unpaired) electrons. The van der Waals surface area contributed by atoms with Crippen LogP contribution in [0.15, 0.2) is 36.7 Å². The Morgan fingerprint density at radius 3 is 3.00 bits per heavy atom. The molecule has 0 spiro atoms. The van der Waals surface area contributed by atoms with Crippen LogP contribution in [0, 0.1) is 5.92 Å². The maximum Gasteiger partial charge on any atom is 0.220 e. The third kappa shape index (κ3) is 6.07. The molecule has 7 heteroatoms. The van der Waals surface area contributed by atoms with E-state index in [0.717, 1.165) is 61.8 Å². The minimum Gasteiger partial charge on any atom is -0.496 e. The van der Waals surface area contributed by atoms with Gasteiger partial charge in [0.1, 0.15) is 23.7 Å². The molecular weight excluding hydrogens is 366 g/mol. The Morgan fingerprint density at radius 1 is 1.31 bits per heavy atom. The lowest BCUT2D eigenvalue weighted by Crippen LogP contribution is -2.36. The van der Waals surface area contributed by atoms with Gasteiger partial charge in [0, 0.05) is 44.2 Å². The zero-order valence-corrected chi connectivity index (χ0v) is 17.4. The van der Waals surface area contributed by atoms with Crippen molar-refractivity contribution in [1.82, 2.24) is 15.3 Å². The van der Waals surface area contributed by atoms with E-state index in [0.29, 0.717) is 18.9 Å². The summed E-state index contributed by atoms with van der Waals surface area (Å²) < 4.78 is 5.34. The second-order valence-corrected chi connectivity index (χ2v) is 7.37. The van der Waals surface area contributed by atoms with E-state index in [1.54, 1.807) is 13.4 Å². The number of carbonyl (C=O) groups is 1. The fourth-order valence-electron chi connectivity index (χ4n) is 3.77. The van der Waals surface area contributed by atoms with E-state index in [4.69, 9.17) is 4.74 Å². The molecule has 7 nitrogen and oxygen atoms in total. The van der Waals surface area contributed by atoms with Crippen LogP contribution in [-0.2, 0) is 11.3 Å². The number of piperidine rings is 1. The molecule has 1 amide bonds. The van der Waals surface area contributed by atoms with Crippen LogP contribution in [0.25, 0.3) is 0 Å². The average Bonchev–Trinajstić information content (AvgIpc) is 2.77. The summed E-state index contributed by atoms with van der Waals surface area (Å²) in [5.74, 6) is 3.21. The molecule has 0 bridgehead atoms. The zero-order valence-electron chi connectivity index (χ0n) is 17.4. The van der Waals surface area contributed by atoms with Gasteiger partial charge in [-0.15, -0.1) is 0 Å². The predicted molar refractivity (Wildman–Crippen MR) is 115 cm³/mol. The first-order chi connectivity index (χ1) is 14.2. The van der Waals surface area contributed by atoms with E-state index in [2.05, 4.69) is 32.4 Å². The van der Waals surface area contributed by atoms with Crippen molar-refractivity contribution >= 4 is 17.5 Å². The summed E-state index contributed by atoms with van der Waals surface area (Å²) in [6.07, 6.45) is 5.32. The van der Waals surface area contributed by atoms with Gasteiger partial charge in [0.2, 0.25) is 5.91 Å². The number of aromatic nitrogens is 2. The number of benzene rings is 1. The first-order valence-electron chi connectivity index (χ1n) is 10.4. The van der Waals surface area contributed by atoms with E-state index in [1.165, 1.54) is 0 Å². The second-order valence-electron chi connectivity index (χ2n) is 7.37. The van der Waals surface area contributed by atoms with Crippen molar-refractivity contribution in [3.63, 3.8) is 0 Å². The number of carbonyl (C=O) groups excluding carboxylic acids is 1. The number of ether oxygens (including phenoxy) is 1. The minimum absolute atomic E-state index is 0.0875. The number of nitrogens with zero attached hydrogens (tertiary/aromatic N) is 3. The Morgan fingerprint density at radius 2 is 2.17 bits per heavy atom. The van der Waals surface area contributed by atoms with E-state index >= 15 is 0 Å². The Balaban J connectivity index is 1.46. The van der Waals surface area contributed by atoms with Crippen molar-refractivity contribution in [2.24, 2.45) is 5.92 Å². The van der Waals surface area contributed by atoms with Gasteiger partial charge in [0.25, 0.3) is 0 Å². The smallest absolute Gasteiger partial charge is 0.220 e. The molecule has 156 valence electrons. The van der Waals surface area contributed by atoms with Gasteiger partial charge in [-0.2, -0.15) is 0 Å². The maximum absolute atomic E-state index is 12.3. The van der Waals surface area contributed by atoms with Gasteiger partial charge >= 0.3 is 0 Å². The Labute approximate surface area is 172 Å². The summed E-state index contributed by atoms with van der Waals surface area (Å²) in [6, 6.07) is 9.77. The fourth-order valence-corrected chi connectivity index (χ4v) is 3.77. The fraction of sp³-hybridized carbons (Fsp3) is 0.500. The quantitative estimate of drug-likeness (QED) is 0.676. The summed E-state index contributed by atoms with van der Waals surface area (Å²) in [7, 11) is 1.65. The predicted octanol–water partition coefficient (Wildman–Crippen LogP) is 3.23. The lowest BCUT2D eigenvalue weighted by atomic mass is 9.93. The molecule has 1 aromatic carbocycles. The molecule has 1 aliphatic heterocycles. The summed E-state index contributed by atoms with van der Waals surface area (Å²) >= 11 is 0. The molecule has 0 aliphatic carbocycles. The number of anilines is 2. The number of nitrogens with one attached hydrogen (secondary N) is 2. The van der Waals surface area contributed by atoms with Crippen LogP contribution in [0.1, 0.15) is 38.2 Å². The number of methoxy groups -OCH3 is 1. The first kappa shape index (κ1) is 20.9. The molecule has 1 saturated heterocycles. The van der Waals surface area contributed by atoms with Crippen LogP contribution in [0.3, 0.4) is 0 Å². The van der Waals surface area contributed by atoms with Crippen LogP contribution in [0.4, 0.5) is 11.6 Å². The topological polar surface area (TPSA) is 79.4 Å². The summed E-state index contributed by atoms with van der Waals surface area (Å²) in [6.45, 7) is 5.32. The van der Waals surface area contributed by atoms with E-state index < -0.39 is 0 Å². The molecule has 1 fully saturated rings. The minimum atomic E-state index is 0.0875. The Hall–Kier alpha value is -2.83. The molecule has 1 atom stereocenters. The Bertz CT molecular complexity index is 798. The molecule has 1 aromatic heterocycles. The maximum atomic E-state index is 12.3. The van der Waals surface area contributed by atoms with Gasteiger partial charge < -0.3 is 20.3 Å². The monoisotopic (exact) mass is 397 g/mol. The second kappa shape index (κ2) is 10.6. The number of para-hydroxylation sites is 1. The summed E-state index contributed by atoms with van der Waals surface area (Å²) in [5.41, 5.74) is 0.993. The highest BCUT2D eigenvalue weighted by atomic mass is 16.5. The molecule has 1 aliphatic rings. The van der Waals surface area contributed by atoms with Crippen LogP contribution in [0.5, 0.6) is 5.75 Å². The largest absolute Gasteiger partial charge is 0.496 e. The van der Waals surface area contributed by atoms with E-state index in [1.807, 2.05) is 30.3 Å². The van der Waals surface area contributed by atoms with Crippen molar-refractivity contribution in [3.8, 4) is 5.75 Å². The van der Waals surface area contributed by atoms with Crippen LogP contribution >= 0.6 is 0 Å². The molecule has 3 rings (SSSR count). The molecule has 1 unspecified atom stereocenters. The van der Waals surface area contributed by atoms with Crippen molar-refractivity contribution in [1.29, 1.82) is 0 Å². The van der Waals surface area contributed by atoms with Gasteiger partial charge in [0.05, 0.1) is 7.11 Å². The van der Waals surface area contributed by atoms with Gasteiger partial charge in [-0.1, -0.05) is 18.2 Å². The highest BCUT2D eigenvalue weighted by Crippen LogP contribution is 2.25. The molecule has 29 heavy (non-hydrogen) atoms. The lowest BCUT2D eigenvalue weighted by Gasteiger charge is -2.33. The lowest BCUT2D eigenvalue weighted by molar-refractivity contribution is -0.121. The van der Waals surface area contributed by atoms with Gasteiger partial charge in [-0.05, 0) is 38.2 Å². The third-order valence-corrected chi connectivity index (χ3v) is 5.30. The molecular formula is C22H31N5O2. The van der Waals surface area contributed by atoms with Crippen molar-refractivity contribution in [2.75, 3.05) is 37.0 Å². The van der Waals surface area contributed by atoms with Gasteiger partial charge in [0.15, 0.2) is 0 Å². The molecule has 0 saturated carbocycles. The van der Waals surface area contributed by atoms with Crippen LogP contribution in [-0.4, -0.2) is 42.6 Å². The Kier molecular flexibility index (Phi) is 7.67. The molecule has 2 aromatic rings. The molecule has 2 N–H and O–H groups in total. The number of hydrogen-bond acceptors (Lipinski definition) is 6. The van der Waals surface area contributed by atoms with Gasteiger partial charge in [-0.25, -0.2) is 9.97 Å². The van der Waals surface area contributed by atoms with E-state index in [9.17, 15) is 4.79 Å².